The van der Waals surface area contributed by atoms with Gasteiger partial charge in [0.15, 0.2) is 0 Å². The highest BCUT2D eigenvalue weighted by atomic mass is 16.3. The molecule has 4 aromatic carbocycles. The predicted octanol–water partition coefficient (Wildman–Crippen LogP) is 5.47. The normalized spacial score (nSPS) is 14.6. The minimum Gasteiger partial charge on any atom is -0.389 e. The third kappa shape index (κ3) is 6.48. The third-order valence-electron chi connectivity index (χ3n) is 8.23. The first-order valence-electron chi connectivity index (χ1n) is 14.7. The van der Waals surface area contributed by atoms with Gasteiger partial charge < -0.3 is 30.8 Å². The summed E-state index contributed by atoms with van der Waals surface area (Å²) in [6.45, 7) is 1.17. The molecule has 0 spiro atoms. The molecule has 0 bridgehead atoms. The van der Waals surface area contributed by atoms with Gasteiger partial charge in [0.25, 0.3) is 0 Å². The molecule has 214 valence electrons. The lowest BCUT2D eigenvalue weighted by atomic mass is 9.90. The number of hydrogen-bond acceptors (Lipinski definition) is 4. The van der Waals surface area contributed by atoms with E-state index in [4.69, 9.17) is 0 Å². The molecule has 4 atom stereocenters. The third-order valence-corrected chi connectivity index (χ3v) is 8.23. The zero-order valence-corrected chi connectivity index (χ0v) is 23.6. The first-order chi connectivity index (χ1) is 20.7. The summed E-state index contributed by atoms with van der Waals surface area (Å²) < 4.78 is 0. The zero-order chi connectivity index (χ0) is 28.7. The number of nitrogens with one attached hydrogen (secondary N) is 4. The summed E-state index contributed by atoms with van der Waals surface area (Å²) in [6, 6.07) is 36.0. The predicted molar refractivity (Wildman–Crippen MR) is 170 cm³/mol. The van der Waals surface area contributed by atoms with E-state index in [9.17, 15) is 10.2 Å². The molecule has 6 nitrogen and oxygen atoms in total. The van der Waals surface area contributed by atoms with Crippen LogP contribution in [0, 0.1) is 0 Å². The molecule has 0 fully saturated rings. The Bertz CT molecular complexity index is 1570. The van der Waals surface area contributed by atoms with Gasteiger partial charge in [0.05, 0.1) is 12.2 Å². The molecule has 6 rings (SSSR count). The molecule has 2 heterocycles. The van der Waals surface area contributed by atoms with Crippen molar-refractivity contribution in [1.29, 1.82) is 0 Å². The Morgan fingerprint density at radius 2 is 0.881 bits per heavy atom. The second-order valence-corrected chi connectivity index (χ2v) is 11.1. The van der Waals surface area contributed by atoms with Crippen LogP contribution in [0.2, 0.25) is 0 Å². The van der Waals surface area contributed by atoms with E-state index in [0.717, 1.165) is 44.1 Å². The molecule has 0 saturated carbocycles. The van der Waals surface area contributed by atoms with Gasteiger partial charge >= 0.3 is 0 Å². The van der Waals surface area contributed by atoms with Crippen molar-refractivity contribution < 1.29 is 10.2 Å². The lowest BCUT2D eigenvalue weighted by Gasteiger charge is -2.33. The second-order valence-electron chi connectivity index (χ2n) is 11.1. The number of H-pyrrole nitrogens is 2. The van der Waals surface area contributed by atoms with Crippen LogP contribution in [0.3, 0.4) is 0 Å². The van der Waals surface area contributed by atoms with Crippen molar-refractivity contribution in [2.45, 2.75) is 50.2 Å². The summed E-state index contributed by atoms with van der Waals surface area (Å²) in [6.07, 6.45) is 3.10. The van der Waals surface area contributed by atoms with Crippen LogP contribution in [0.15, 0.2) is 122 Å². The van der Waals surface area contributed by atoms with Crippen molar-refractivity contribution in [3.63, 3.8) is 0 Å². The Balaban J connectivity index is 1.27. The quantitative estimate of drug-likeness (QED) is 0.113. The molecule has 42 heavy (non-hydrogen) atoms. The number of benzene rings is 4. The lowest BCUT2D eigenvalue weighted by Crippen LogP contribution is -2.55. The number of aliphatic hydroxyl groups is 2. The van der Waals surface area contributed by atoms with Crippen molar-refractivity contribution in [2.24, 2.45) is 0 Å². The first-order valence-corrected chi connectivity index (χ1v) is 14.7. The van der Waals surface area contributed by atoms with E-state index in [1.54, 1.807) is 0 Å². The number of fused-ring (bicyclic) bond motifs is 2. The van der Waals surface area contributed by atoms with Crippen LogP contribution in [0.5, 0.6) is 0 Å². The largest absolute Gasteiger partial charge is 0.389 e. The molecule has 6 N–H and O–H groups in total. The Hall–Kier alpha value is -4.20. The summed E-state index contributed by atoms with van der Waals surface area (Å²) >= 11 is 0. The molecular formula is C36H38N4O2. The number of rotatable bonds is 13. The van der Waals surface area contributed by atoms with Gasteiger partial charge in [-0.2, -0.15) is 0 Å². The van der Waals surface area contributed by atoms with E-state index in [-0.39, 0.29) is 12.1 Å². The second kappa shape index (κ2) is 13.2. The Morgan fingerprint density at radius 1 is 0.500 bits per heavy atom. The molecular weight excluding hydrogens is 520 g/mol. The molecule has 0 radical (unpaired) electrons. The standard InChI is InChI=1S/C36H38N4O2/c41-35(33(37-21-25-11-3-1-4-12-25)19-27-23-39-31-17-9-7-15-29(27)31)36(42)34(38-22-26-13-5-2-6-14-26)20-28-24-40-32-18-10-8-16-30(28)32/h1-18,23-24,33-42H,19-22H2/t33-,34-,35+,36+/m0/s1. The molecule has 0 saturated heterocycles. The number of aliphatic hydroxyl groups excluding tert-OH is 2. The van der Waals surface area contributed by atoms with Crippen LogP contribution in [-0.4, -0.2) is 44.5 Å². The fourth-order valence-electron chi connectivity index (χ4n) is 5.87. The Morgan fingerprint density at radius 3 is 1.31 bits per heavy atom. The summed E-state index contributed by atoms with van der Waals surface area (Å²) in [4.78, 5) is 6.71. The van der Waals surface area contributed by atoms with Gasteiger partial charge in [-0.3, -0.25) is 0 Å². The minimum absolute atomic E-state index is 0.386. The highest BCUT2D eigenvalue weighted by molar-refractivity contribution is 5.83. The van der Waals surface area contributed by atoms with Crippen molar-refractivity contribution >= 4 is 21.8 Å². The maximum absolute atomic E-state index is 11.9. The van der Waals surface area contributed by atoms with E-state index < -0.39 is 12.2 Å². The maximum atomic E-state index is 11.9. The van der Waals surface area contributed by atoms with Gasteiger partial charge in [0.1, 0.15) is 0 Å². The molecule has 6 heteroatoms. The fraction of sp³-hybridized carbons (Fsp3) is 0.222. The SMILES string of the molecule is O[C@@H]([C@H](O)[C@H](Cc1c[nH]c2ccccc12)NCc1ccccc1)[C@H](Cc1c[nH]c2ccccc12)NCc1ccccc1. The minimum atomic E-state index is -1.03. The lowest BCUT2D eigenvalue weighted by molar-refractivity contribution is -0.0246. The zero-order valence-electron chi connectivity index (χ0n) is 23.6. The number of aromatic amines is 2. The fourth-order valence-corrected chi connectivity index (χ4v) is 5.87. The van der Waals surface area contributed by atoms with Crippen LogP contribution >= 0.6 is 0 Å². The molecule has 0 aliphatic heterocycles. The number of aromatic nitrogens is 2. The van der Waals surface area contributed by atoms with E-state index >= 15 is 0 Å². The number of hydrogen-bond donors (Lipinski definition) is 6. The smallest absolute Gasteiger partial charge is 0.0970 e. The van der Waals surface area contributed by atoms with E-state index in [1.165, 1.54) is 0 Å². The van der Waals surface area contributed by atoms with Crippen molar-refractivity contribution in [2.75, 3.05) is 0 Å². The maximum Gasteiger partial charge on any atom is 0.0970 e. The molecule has 0 aliphatic carbocycles. The van der Waals surface area contributed by atoms with Crippen molar-refractivity contribution in [3.8, 4) is 0 Å². The van der Waals surface area contributed by atoms with Gasteiger partial charge in [-0.25, -0.2) is 0 Å². The first kappa shape index (κ1) is 27.9. The van der Waals surface area contributed by atoms with Crippen LogP contribution in [0.1, 0.15) is 22.3 Å². The summed E-state index contributed by atoms with van der Waals surface area (Å²) in [5.74, 6) is 0. The van der Waals surface area contributed by atoms with Gasteiger partial charge in [0, 0.05) is 59.4 Å². The van der Waals surface area contributed by atoms with Crippen LogP contribution in [0.25, 0.3) is 21.8 Å². The summed E-state index contributed by atoms with van der Waals surface area (Å²) in [7, 11) is 0. The average Bonchev–Trinajstić information content (AvgIpc) is 3.65. The van der Waals surface area contributed by atoms with Crippen LogP contribution in [0.4, 0.5) is 0 Å². The van der Waals surface area contributed by atoms with Gasteiger partial charge in [-0.05, 0) is 47.2 Å². The molecule has 6 aromatic rings. The monoisotopic (exact) mass is 558 g/mol. The molecule has 0 unspecified atom stereocenters. The van der Waals surface area contributed by atoms with E-state index in [2.05, 4.69) is 69.1 Å². The highest BCUT2D eigenvalue weighted by Crippen LogP contribution is 2.24. The number of para-hydroxylation sites is 2. The summed E-state index contributed by atoms with van der Waals surface area (Å²) in [5.41, 5.74) is 6.58. The molecule has 0 aliphatic rings. The highest BCUT2D eigenvalue weighted by Gasteiger charge is 2.33. The Kier molecular flexibility index (Phi) is 8.78. The van der Waals surface area contributed by atoms with Crippen LogP contribution in [-0.2, 0) is 25.9 Å². The summed E-state index contributed by atoms with van der Waals surface area (Å²) in [5, 5.41) is 33.1. The topological polar surface area (TPSA) is 96.1 Å². The van der Waals surface area contributed by atoms with Gasteiger partial charge in [-0.15, -0.1) is 0 Å². The molecule has 2 aromatic heterocycles. The van der Waals surface area contributed by atoms with E-state index in [0.29, 0.717) is 25.9 Å². The van der Waals surface area contributed by atoms with Crippen molar-refractivity contribution in [3.05, 3.63) is 144 Å². The van der Waals surface area contributed by atoms with Crippen molar-refractivity contribution in [1.82, 2.24) is 20.6 Å². The molecule has 0 amide bonds. The van der Waals surface area contributed by atoms with E-state index in [1.807, 2.05) is 73.1 Å². The van der Waals surface area contributed by atoms with Gasteiger partial charge in [0.2, 0.25) is 0 Å². The Labute approximate surface area is 246 Å². The van der Waals surface area contributed by atoms with Gasteiger partial charge in [-0.1, -0.05) is 97.1 Å². The average molecular weight is 559 g/mol. The van der Waals surface area contributed by atoms with Crippen LogP contribution < -0.4 is 10.6 Å².